The summed E-state index contributed by atoms with van der Waals surface area (Å²) in [5.74, 6) is 1.57. The zero-order valence-electron chi connectivity index (χ0n) is 20.4. The number of nitrogens with zero attached hydrogens (tertiary/aromatic N) is 5. The first-order chi connectivity index (χ1) is 17.2. The van der Waals surface area contributed by atoms with Crippen LogP contribution in [-0.2, 0) is 20.0 Å². The van der Waals surface area contributed by atoms with Crippen molar-refractivity contribution in [2.24, 2.45) is 13.0 Å². The van der Waals surface area contributed by atoms with Crippen LogP contribution in [0.15, 0.2) is 91.8 Å². The van der Waals surface area contributed by atoms with Gasteiger partial charge in [0.15, 0.2) is 5.82 Å². The van der Waals surface area contributed by atoms with E-state index >= 15 is 0 Å². The van der Waals surface area contributed by atoms with Gasteiger partial charge in [-0.25, -0.2) is 9.67 Å². The van der Waals surface area contributed by atoms with Crippen molar-refractivity contribution in [1.29, 1.82) is 0 Å². The van der Waals surface area contributed by atoms with Crippen LogP contribution in [0.2, 0.25) is 0 Å². The third-order valence-electron chi connectivity index (χ3n) is 7.86. The smallest absolute Gasteiger partial charge is 0.158 e. The molecule has 0 amide bonds. The minimum Gasteiger partial charge on any atom is -0.352 e. The van der Waals surface area contributed by atoms with Gasteiger partial charge >= 0.3 is 0 Å². The van der Waals surface area contributed by atoms with E-state index in [2.05, 4.69) is 112 Å². The van der Waals surface area contributed by atoms with Crippen LogP contribution < -0.4 is 9.80 Å². The minimum atomic E-state index is 0.247. The summed E-state index contributed by atoms with van der Waals surface area (Å²) in [5, 5.41) is 4.30. The Bertz CT molecular complexity index is 1370. The number of rotatable bonds is 5. The average molecular weight is 462 g/mol. The third-order valence-corrected chi connectivity index (χ3v) is 7.86. The molecule has 1 aromatic heterocycles. The maximum absolute atomic E-state index is 4.52. The number of aromatic nitrogens is 3. The molecule has 0 saturated carbocycles. The highest BCUT2D eigenvalue weighted by atomic mass is 15.4. The predicted octanol–water partition coefficient (Wildman–Crippen LogP) is 5.80. The number of anilines is 2. The first-order valence-electron chi connectivity index (χ1n) is 12.4. The molecule has 6 rings (SSSR count). The van der Waals surface area contributed by atoms with Crippen molar-refractivity contribution in [2.75, 3.05) is 16.8 Å². The van der Waals surface area contributed by atoms with Crippen LogP contribution in [0.4, 0.5) is 11.4 Å². The van der Waals surface area contributed by atoms with E-state index in [-0.39, 0.29) is 12.1 Å². The van der Waals surface area contributed by atoms with Gasteiger partial charge in [0.05, 0.1) is 11.4 Å². The largest absolute Gasteiger partial charge is 0.352 e. The van der Waals surface area contributed by atoms with Gasteiger partial charge in [0.2, 0.25) is 0 Å². The summed E-state index contributed by atoms with van der Waals surface area (Å²) in [6, 6.07) is 26.4. The maximum atomic E-state index is 4.52. The SMILES string of the molecule is C=CC1C(CCc2ccccc2-c2ncnn2C)c2ccccc2CN2c3ccccc3N(C)C12. The van der Waals surface area contributed by atoms with E-state index in [9.17, 15) is 0 Å². The normalized spacial score (nSPS) is 20.7. The number of benzene rings is 3. The molecule has 2 aliphatic rings. The minimum absolute atomic E-state index is 0.247. The molecule has 2 aliphatic heterocycles. The molecule has 0 saturated heterocycles. The van der Waals surface area contributed by atoms with Gasteiger partial charge in [-0.15, -0.1) is 6.58 Å². The van der Waals surface area contributed by atoms with Gasteiger partial charge in [-0.1, -0.05) is 66.7 Å². The lowest BCUT2D eigenvalue weighted by Gasteiger charge is -2.37. The first kappa shape index (κ1) is 21.7. The molecular formula is C30H31N5. The summed E-state index contributed by atoms with van der Waals surface area (Å²) in [5.41, 5.74) is 7.96. The third kappa shape index (κ3) is 3.54. The van der Waals surface area contributed by atoms with Crippen LogP contribution in [0.5, 0.6) is 0 Å². The van der Waals surface area contributed by atoms with E-state index in [1.54, 1.807) is 6.33 Å². The molecular weight excluding hydrogens is 430 g/mol. The van der Waals surface area contributed by atoms with Crippen molar-refractivity contribution in [1.82, 2.24) is 14.8 Å². The molecule has 0 aliphatic carbocycles. The van der Waals surface area contributed by atoms with E-state index in [1.165, 1.54) is 28.1 Å². The summed E-state index contributed by atoms with van der Waals surface area (Å²) in [6.45, 7) is 5.27. The van der Waals surface area contributed by atoms with Crippen LogP contribution in [0.1, 0.15) is 29.0 Å². The van der Waals surface area contributed by atoms with Crippen LogP contribution in [0.25, 0.3) is 11.4 Å². The average Bonchev–Trinajstić information content (AvgIpc) is 3.39. The van der Waals surface area contributed by atoms with Crippen LogP contribution >= 0.6 is 0 Å². The molecule has 5 nitrogen and oxygen atoms in total. The lowest BCUT2D eigenvalue weighted by molar-refractivity contribution is 0.399. The van der Waals surface area contributed by atoms with Crippen molar-refractivity contribution in [3.63, 3.8) is 0 Å². The maximum Gasteiger partial charge on any atom is 0.158 e. The van der Waals surface area contributed by atoms with Gasteiger partial charge in [0, 0.05) is 32.1 Å². The summed E-state index contributed by atoms with van der Waals surface area (Å²) in [4.78, 5) is 9.55. The van der Waals surface area contributed by atoms with E-state index in [0.29, 0.717) is 5.92 Å². The highest BCUT2D eigenvalue weighted by Crippen LogP contribution is 2.49. The molecule has 0 bridgehead atoms. The van der Waals surface area contributed by atoms with Crippen molar-refractivity contribution < 1.29 is 0 Å². The summed E-state index contributed by atoms with van der Waals surface area (Å²) in [7, 11) is 4.19. The highest BCUT2D eigenvalue weighted by molar-refractivity contribution is 5.78. The molecule has 0 spiro atoms. The monoisotopic (exact) mass is 461 g/mol. The molecule has 0 N–H and O–H groups in total. The van der Waals surface area contributed by atoms with Gasteiger partial charge in [-0.2, -0.15) is 5.10 Å². The fourth-order valence-electron chi connectivity index (χ4n) is 6.22. The van der Waals surface area contributed by atoms with E-state index in [1.807, 2.05) is 11.7 Å². The molecule has 5 heteroatoms. The van der Waals surface area contributed by atoms with Crippen molar-refractivity contribution >= 4 is 11.4 Å². The van der Waals surface area contributed by atoms with Gasteiger partial charge in [0.1, 0.15) is 12.5 Å². The summed E-state index contributed by atoms with van der Waals surface area (Å²) < 4.78 is 1.86. The predicted molar refractivity (Wildman–Crippen MR) is 142 cm³/mol. The second-order valence-corrected chi connectivity index (χ2v) is 9.66. The van der Waals surface area contributed by atoms with Crippen LogP contribution in [0, 0.1) is 5.92 Å². The topological polar surface area (TPSA) is 37.2 Å². The quantitative estimate of drug-likeness (QED) is 0.352. The fourth-order valence-corrected chi connectivity index (χ4v) is 6.22. The Morgan fingerprint density at radius 2 is 1.69 bits per heavy atom. The Morgan fingerprint density at radius 3 is 2.49 bits per heavy atom. The number of fused-ring (bicyclic) bond motifs is 4. The number of hydrogen-bond acceptors (Lipinski definition) is 4. The van der Waals surface area contributed by atoms with Crippen molar-refractivity contribution in [3.8, 4) is 11.4 Å². The number of aryl methyl sites for hydroxylation is 2. The zero-order chi connectivity index (χ0) is 23.9. The Hall–Kier alpha value is -3.86. The first-order valence-corrected chi connectivity index (χ1v) is 12.4. The Balaban J connectivity index is 1.39. The number of hydrogen-bond donors (Lipinski definition) is 0. The van der Waals surface area contributed by atoms with E-state index < -0.39 is 0 Å². The molecule has 0 fully saturated rings. The molecule has 3 heterocycles. The fraction of sp³-hybridized carbons (Fsp3) is 0.267. The summed E-state index contributed by atoms with van der Waals surface area (Å²) in [6.07, 6.45) is 6.08. The van der Waals surface area contributed by atoms with Crippen LogP contribution in [-0.4, -0.2) is 28.0 Å². The molecule has 3 aromatic carbocycles. The van der Waals surface area contributed by atoms with E-state index in [0.717, 1.165) is 30.8 Å². The Kier molecular flexibility index (Phi) is 5.40. The molecule has 35 heavy (non-hydrogen) atoms. The molecule has 0 radical (unpaired) electrons. The standard InChI is InChI=1S/C30H31N5/c1-4-23-26(18-17-21-11-5-8-14-25(21)29-31-20-32-34(29)3)24-13-7-6-12-22(24)19-35-28-16-10-9-15-27(28)33(2)30(23)35/h4-16,20,23,26,30H,1,17-19H2,2-3H3. The summed E-state index contributed by atoms with van der Waals surface area (Å²) >= 11 is 0. The Labute approximate surface area is 207 Å². The zero-order valence-corrected chi connectivity index (χ0v) is 20.4. The van der Waals surface area contributed by atoms with Crippen molar-refractivity contribution in [2.45, 2.75) is 31.5 Å². The van der Waals surface area contributed by atoms with Gasteiger partial charge in [-0.3, -0.25) is 0 Å². The molecule has 4 aromatic rings. The second kappa shape index (κ2) is 8.73. The second-order valence-electron chi connectivity index (χ2n) is 9.66. The van der Waals surface area contributed by atoms with Gasteiger partial charge < -0.3 is 9.80 Å². The highest BCUT2D eigenvalue weighted by Gasteiger charge is 2.43. The van der Waals surface area contributed by atoms with Crippen LogP contribution in [0.3, 0.4) is 0 Å². The van der Waals surface area contributed by atoms with Crippen molar-refractivity contribution in [3.05, 3.63) is 108 Å². The lowest BCUT2D eigenvalue weighted by atomic mass is 9.79. The lowest BCUT2D eigenvalue weighted by Crippen LogP contribution is -2.46. The van der Waals surface area contributed by atoms with Gasteiger partial charge in [-0.05, 0) is 47.6 Å². The van der Waals surface area contributed by atoms with E-state index in [4.69, 9.17) is 0 Å². The Morgan fingerprint density at radius 1 is 0.943 bits per heavy atom. The molecule has 176 valence electrons. The molecule has 3 unspecified atom stereocenters. The molecule has 3 atom stereocenters. The van der Waals surface area contributed by atoms with Gasteiger partial charge in [0.25, 0.3) is 0 Å². The number of para-hydroxylation sites is 2.